The fourth-order valence-corrected chi connectivity index (χ4v) is 2.57. The lowest BCUT2D eigenvalue weighted by Crippen LogP contribution is -2.44. The maximum Gasteiger partial charge on any atom is 0.0722 e. The van der Waals surface area contributed by atoms with Crippen LogP contribution in [0.3, 0.4) is 0 Å². The average Bonchev–Trinajstić information content (AvgIpc) is 2.39. The van der Waals surface area contributed by atoms with Gasteiger partial charge in [0.25, 0.3) is 0 Å². The molecule has 18 heavy (non-hydrogen) atoms. The average molecular weight is 241 g/mol. The first-order chi connectivity index (χ1) is 8.74. The van der Waals surface area contributed by atoms with Crippen molar-refractivity contribution in [1.29, 1.82) is 0 Å². The molecule has 0 saturated carbocycles. The van der Waals surface area contributed by atoms with Crippen LogP contribution >= 0.6 is 0 Å². The first-order valence-corrected chi connectivity index (χ1v) is 6.53. The molecule has 0 atom stereocenters. The van der Waals surface area contributed by atoms with Crippen molar-refractivity contribution < 1.29 is 0 Å². The Morgan fingerprint density at radius 3 is 2.61 bits per heavy atom. The normalized spacial score (nSPS) is 17.3. The zero-order valence-electron chi connectivity index (χ0n) is 11.1. The van der Waals surface area contributed by atoms with Gasteiger partial charge in [-0.25, -0.2) is 0 Å². The number of pyridine rings is 1. The van der Waals surface area contributed by atoms with Crippen LogP contribution < -0.4 is 4.90 Å². The van der Waals surface area contributed by atoms with E-state index in [1.54, 1.807) is 0 Å². The molecule has 2 heterocycles. The van der Waals surface area contributed by atoms with Gasteiger partial charge in [-0.3, -0.25) is 4.98 Å². The first kappa shape index (κ1) is 11.5. The predicted molar refractivity (Wildman–Crippen MR) is 76.2 cm³/mol. The lowest BCUT2D eigenvalue weighted by atomic mass is 10.1. The number of rotatable bonds is 1. The van der Waals surface area contributed by atoms with Gasteiger partial charge in [-0.15, -0.1) is 0 Å². The van der Waals surface area contributed by atoms with Crippen molar-refractivity contribution in [3.8, 4) is 0 Å². The molecule has 3 heteroatoms. The lowest BCUT2D eigenvalue weighted by Gasteiger charge is -2.34. The largest absolute Gasteiger partial charge is 0.368 e. The second-order valence-corrected chi connectivity index (χ2v) is 5.14. The highest BCUT2D eigenvalue weighted by molar-refractivity contribution is 5.92. The zero-order valence-corrected chi connectivity index (χ0v) is 11.1. The molecule has 3 nitrogen and oxygen atoms in total. The number of benzene rings is 1. The maximum atomic E-state index is 4.46. The summed E-state index contributed by atoms with van der Waals surface area (Å²) < 4.78 is 0. The van der Waals surface area contributed by atoms with Gasteiger partial charge in [0.2, 0.25) is 0 Å². The predicted octanol–water partition coefficient (Wildman–Crippen LogP) is 2.30. The van der Waals surface area contributed by atoms with Crippen molar-refractivity contribution in [2.24, 2.45) is 0 Å². The highest BCUT2D eigenvalue weighted by atomic mass is 15.2. The van der Waals surface area contributed by atoms with Gasteiger partial charge in [0.05, 0.1) is 5.52 Å². The van der Waals surface area contributed by atoms with Crippen LogP contribution in [0, 0.1) is 6.92 Å². The maximum absolute atomic E-state index is 4.46. The van der Waals surface area contributed by atoms with Gasteiger partial charge in [0.15, 0.2) is 0 Å². The quantitative estimate of drug-likeness (QED) is 0.763. The number of hydrogen-bond donors (Lipinski definition) is 0. The van der Waals surface area contributed by atoms with Crippen LogP contribution in [-0.4, -0.2) is 43.1 Å². The molecule has 1 aromatic carbocycles. The third kappa shape index (κ3) is 2.06. The number of aromatic nitrogens is 1. The molecule has 0 spiro atoms. The van der Waals surface area contributed by atoms with Gasteiger partial charge >= 0.3 is 0 Å². The third-order valence-corrected chi connectivity index (χ3v) is 3.72. The van der Waals surface area contributed by atoms with E-state index in [-0.39, 0.29) is 0 Å². The molecule has 0 aliphatic carbocycles. The summed E-state index contributed by atoms with van der Waals surface area (Å²) in [4.78, 5) is 9.31. The fourth-order valence-electron chi connectivity index (χ4n) is 2.57. The number of nitrogens with zero attached hydrogens (tertiary/aromatic N) is 3. The second-order valence-electron chi connectivity index (χ2n) is 5.14. The summed E-state index contributed by atoms with van der Waals surface area (Å²) in [5.74, 6) is 0. The minimum atomic E-state index is 1.09. The van der Waals surface area contributed by atoms with Gasteiger partial charge in [-0.05, 0) is 32.2 Å². The van der Waals surface area contributed by atoms with E-state index in [1.165, 1.54) is 16.6 Å². The number of anilines is 1. The van der Waals surface area contributed by atoms with Crippen LogP contribution in [0.15, 0.2) is 30.5 Å². The number of fused-ring (bicyclic) bond motifs is 1. The number of piperazine rings is 1. The molecular weight excluding hydrogens is 222 g/mol. The van der Waals surface area contributed by atoms with Crippen LogP contribution in [-0.2, 0) is 0 Å². The van der Waals surface area contributed by atoms with Gasteiger partial charge in [0, 0.05) is 43.4 Å². The summed E-state index contributed by atoms with van der Waals surface area (Å²) in [5, 5.41) is 1.28. The van der Waals surface area contributed by atoms with Crippen LogP contribution in [0.25, 0.3) is 10.9 Å². The summed E-state index contributed by atoms with van der Waals surface area (Å²) in [6.07, 6.45) is 1.92. The smallest absolute Gasteiger partial charge is 0.0722 e. The molecule has 1 aliphatic rings. The molecule has 0 unspecified atom stereocenters. The topological polar surface area (TPSA) is 19.4 Å². The summed E-state index contributed by atoms with van der Waals surface area (Å²) in [6, 6.07) is 8.64. The SMILES string of the molecule is Cc1ccc2nccc(N3CCN(C)CC3)c2c1. The Kier molecular flexibility index (Phi) is 2.92. The molecule has 0 radical (unpaired) electrons. The van der Waals surface area contributed by atoms with Gasteiger partial charge < -0.3 is 9.80 Å². The van der Waals surface area contributed by atoms with Gasteiger partial charge in [-0.2, -0.15) is 0 Å². The summed E-state index contributed by atoms with van der Waals surface area (Å²) >= 11 is 0. The Labute approximate surface area is 108 Å². The number of likely N-dealkylation sites (N-methyl/N-ethyl adjacent to an activating group) is 1. The van der Waals surface area contributed by atoms with E-state index >= 15 is 0 Å². The van der Waals surface area contributed by atoms with Gasteiger partial charge in [-0.1, -0.05) is 11.6 Å². The third-order valence-electron chi connectivity index (χ3n) is 3.72. The van der Waals surface area contributed by atoms with Crippen molar-refractivity contribution >= 4 is 16.6 Å². The first-order valence-electron chi connectivity index (χ1n) is 6.53. The van der Waals surface area contributed by atoms with Crippen molar-refractivity contribution in [3.05, 3.63) is 36.0 Å². The molecular formula is C15H19N3. The van der Waals surface area contributed by atoms with Gasteiger partial charge in [0.1, 0.15) is 0 Å². The van der Waals surface area contributed by atoms with Crippen molar-refractivity contribution in [2.45, 2.75) is 6.92 Å². The standard InChI is InChI=1S/C15H19N3/c1-12-3-4-14-13(11-12)15(5-6-16-14)18-9-7-17(2)8-10-18/h3-6,11H,7-10H2,1-2H3. The fraction of sp³-hybridized carbons (Fsp3) is 0.400. The highest BCUT2D eigenvalue weighted by Crippen LogP contribution is 2.26. The zero-order chi connectivity index (χ0) is 12.5. The number of hydrogen-bond acceptors (Lipinski definition) is 3. The monoisotopic (exact) mass is 241 g/mol. The van der Waals surface area contributed by atoms with E-state index in [9.17, 15) is 0 Å². The number of aryl methyl sites for hydroxylation is 1. The van der Waals surface area contributed by atoms with Crippen LogP contribution in [0.4, 0.5) is 5.69 Å². The molecule has 1 aliphatic heterocycles. The molecule has 3 rings (SSSR count). The Hall–Kier alpha value is -1.61. The molecule has 2 aromatic rings. The Morgan fingerprint density at radius 2 is 1.83 bits per heavy atom. The highest BCUT2D eigenvalue weighted by Gasteiger charge is 2.16. The molecule has 1 aromatic heterocycles. The van der Waals surface area contributed by atoms with Crippen LogP contribution in [0.1, 0.15) is 5.56 Å². The Morgan fingerprint density at radius 1 is 1.06 bits per heavy atom. The lowest BCUT2D eigenvalue weighted by molar-refractivity contribution is 0.313. The van der Waals surface area contributed by atoms with E-state index in [2.05, 4.69) is 53.0 Å². The molecule has 1 fully saturated rings. The van der Waals surface area contributed by atoms with E-state index in [0.29, 0.717) is 0 Å². The summed E-state index contributed by atoms with van der Waals surface area (Å²) in [7, 11) is 2.19. The van der Waals surface area contributed by atoms with Crippen molar-refractivity contribution in [1.82, 2.24) is 9.88 Å². The van der Waals surface area contributed by atoms with E-state index in [1.807, 2.05) is 6.20 Å². The van der Waals surface area contributed by atoms with Crippen molar-refractivity contribution in [3.63, 3.8) is 0 Å². The molecule has 0 N–H and O–H groups in total. The summed E-state index contributed by atoms with van der Waals surface area (Å²) in [6.45, 7) is 6.61. The minimum Gasteiger partial charge on any atom is -0.368 e. The Bertz CT molecular complexity index is 557. The van der Waals surface area contributed by atoms with Crippen LogP contribution in [0.2, 0.25) is 0 Å². The summed E-state index contributed by atoms with van der Waals surface area (Å²) in [5.41, 5.74) is 3.72. The van der Waals surface area contributed by atoms with E-state index < -0.39 is 0 Å². The molecule has 0 bridgehead atoms. The molecule has 1 saturated heterocycles. The van der Waals surface area contributed by atoms with Crippen LogP contribution in [0.5, 0.6) is 0 Å². The van der Waals surface area contributed by atoms with E-state index in [0.717, 1.165) is 31.7 Å². The second kappa shape index (κ2) is 4.58. The van der Waals surface area contributed by atoms with Crippen molar-refractivity contribution in [2.75, 3.05) is 38.1 Å². The Balaban J connectivity index is 2.03. The van der Waals surface area contributed by atoms with E-state index in [4.69, 9.17) is 0 Å². The molecule has 94 valence electrons. The molecule has 0 amide bonds. The minimum absolute atomic E-state index is 1.09.